The first kappa shape index (κ1) is 13.7. The quantitative estimate of drug-likeness (QED) is 0.882. The van der Waals surface area contributed by atoms with Gasteiger partial charge in [-0.15, -0.1) is 23.7 Å². The standard InChI is InChI=1S/C11H15N3O2S.ClH/c15-10(9-5-12-3-4-16-9)14-11-13-8(6-17-11)7-1-2-7;/h6-7,9,12H,1-5H2,(H,13,14,15);1H. The van der Waals surface area contributed by atoms with Crippen LogP contribution in [0.4, 0.5) is 5.13 Å². The van der Waals surface area contributed by atoms with Crippen molar-refractivity contribution in [3.63, 3.8) is 0 Å². The molecule has 1 aliphatic carbocycles. The first-order valence-corrected chi connectivity index (χ1v) is 6.79. The van der Waals surface area contributed by atoms with Crippen molar-refractivity contribution in [2.75, 3.05) is 25.0 Å². The molecule has 1 aliphatic heterocycles. The van der Waals surface area contributed by atoms with Crippen molar-refractivity contribution >= 4 is 34.8 Å². The lowest BCUT2D eigenvalue weighted by molar-refractivity contribution is -0.128. The van der Waals surface area contributed by atoms with E-state index in [2.05, 4.69) is 15.6 Å². The Morgan fingerprint density at radius 3 is 3.06 bits per heavy atom. The smallest absolute Gasteiger partial charge is 0.256 e. The number of rotatable bonds is 3. The van der Waals surface area contributed by atoms with E-state index < -0.39 is 6.10 Å². The first-order chi connectivity index (χ1) is 8.33. The molecule has 1 aromatic heterocycles. The van der Waals surface area contributed by atoms with Crippen molar-refractivity contribution in [3.05, 3.63) is 11.1 Å². The van der Waals surface area contributed by atoms with Gasteiger partial charge in [0, 0.05) is 24.4 Å². The minimum Gasteiger partial charge on any atom is -0.366 e. The van der Waals surface area contributed by atoms with Gasteiger partial charge in [-0.1, -0.05) is 0 Å². The normalized spacial score (nSPS) is 23.2. The van der Waals surface area contributed by atoms with Crippen molar-refractivity contribution < 1.29 is 9.53 Å². The third-order valence-corrected chi connectivity index (χ3v) is 3.74. The molecule has 5 nitrogen and oxygen atoms in total. The zero-order chi connectivity index (χ0) is 11.7. The van der Waals surface area contributed by atoms with Crippen LogP contribution in [0.3, 0.4) is 0 Å². The number of amides is 1. The van der Waals surface area contributed by atoms with Gasteiger partial charge in [0.15, 0.2) is 5.13 Å². The van der Waals surface area contributed by atoms with Gasteiger partial charge in [0.25, 0.3) is 5.91 Å². The number of morpholine rings is 1. The second-order valence-corrected chi connectivity index (χ2v) is 5.26. The van der Waals surface area contributed by atoms with Gasteiger partial charge in [-0.05, 0) is 12.8 Å². The molecule has 1 aromatic rings. The van der Waals surface area contributed by atoms with Gasteiger partial charge in [0.2, 0.25) is 0 Å². The van der Waals surface area contributed by atoms with Gasteiger partial charge in [0.1, 0.15) is 6.10 Å². The van der Waals surface area contributed by atoms with E-state index in [9.17, 15) is 4.79 Å². The van der Waals surface area contributed by atoms with E-state index in [1.165, 1.54) is 24.2 Å². The molecular formula is C11H16ClN3O2S. The summed E-state index contributed by atoms with van der Waals surface area (Å²) in [5.41, 5.74) is 1.12. The molecule has 0 bridgehead atoms. The summed E-state index contributed by atoms with van der Waals surface area (Å²) < 4.78 is 5.38. The minimum atomic E-state index is -0.392. The Balaban J connectivity index is 0.00000120. The van der Waals surface area contributed by atoms with Crippen LogP contribution >= 0.6 is 23.7 Å². The highest BCUT2D eigenvalue weighted by molar-refractivity contribution is 7.13. The summed E-state index contributed by atoms with van der Waals surface area (Å²) in [6.45, 7) is 1.98. The number of nitrogens with zero attached hydrogens (tertiary/aromatic N) is 1. The fraction of sp³-hybridized carbons (Fsp3) is 0.636. The lowest BCUT2D eigenvalue weighted by Gasteiger charge is -2.22. The largest absolute Gasteiger partial charge is 0.366 e. The van der Waals surface area contributed by atoms with E-state index in [4.69, 9.17) is 4.74 Å². The second kappa shape index (κ2) is 5.97. The molecule has 0 aromatic carbocycles. The molecule has 1 atom stereocenters. The summed E-state index contributed by atoms with van der Waals surface area (Å²) in [5, 5.41) is 8.67. The molecule has 1 saturated carbocycles. The molecule has 0 radical (unpaired) electrons. The molecule has 2 fully saturated rings. The SMILES string of the molecule is Cl.O=C(Nc1nc(C2CC2)cs1)C1CNCCO1. The molecule has 18 heavy (non-hydrogen) atoms. The maximum absolute atomic E-state index is 11.9. The minimum absolute atomic E-state index is 0. The third-order valence-electron chi connectivity index (χ3n) is 2.97. The van der Waals surface area contributed by atoms with Crippen LogP contribution in [-0.2, 0) is 9.53 Å². The van der Waals surface area contributed by atoms with Crippen LogP contribution in [-0.4, -0.2) is 36.7 Å². The summed E-state index contributed by atoms with van der Waals surface area (Å²) in [7, 11) is 0. The molecule has 1 amide bonds. The number of halogens is 1. The number of hydrogen-bond donors (Lipinski definition) is 2. The molecule has 0 spiro atoms. The number of thiazole rings is 1. The van der Waals surface area contributed by atoms with Crippen LogP contribution in [0.5, 0.6) is 0 Å². The Bertz CT molecular complexity index is 416. The van der Waals surface area contributed by atoms with E-state index in [1.807, 2.05) is 5.38 Å². The number of ether oxygens (including phenoxy) is 1. The van der Waals surface area contributed by atoms with Crippen LogP contribution in [0.25, 0.3) is 0 Å². The molecule has 7 heteroatoms. The molecule has 100 valence electrons. The lowest BCUT2D eigenvalue weighted by Crippen LogP contribution is -2.45. The fourth-order valence-electron chi connectivity index (χ4n) is 1.83. The number of aromatic nitrogens is 1. The maximum atomic E-state index is 11.9. The van der Waals surface area contributed by atoms with E-state index in [1.54, 1.807) is 0 Å². The van der Waals surface area contributed by atoms with Crippen molar-refractivity contribution in [1.29, 1.82) is 0 Å². The van der Waals surface area contributed by atoms with Crippen molar-refractivity contribution in [3.8, 4) is 0 Å². The van der Waals surface area contributed by atoms with Crippen molar-refractivity contribution in [1.82, 2.24) is 10.3 Å². The topological polar surface area (TPSA) is 63.2 Å². The summed E-state index contributed by atoms with van der Waals surface area (Å²) >= 11 is 1.49. The monoisotopic (exact) mass is 289 g/mol. The van der Waals surface area contributed by atoms with E-state index in [0.717, 1.165) is 12.2 Å². The van der Waals surface area contributed by atoms with Gasteiger partial charge in [-0.2, -0.15) is 0 Å². The van der Waals surface area contributed by atoms with Gasteiger partial charge in [-0.3, -0.25) is 10.1 Å². The number of hydrogen-bond acceptors (Lipinski definition) is 5. The lowest BCUT2D eigenvalue weighted by atomic mass is 10.3. The predicted molar refractivity (Wildman–Crippen MR) is 72.6 cm³/mol. The van der Waals surface area contributed by atoms with Crippen LogP contribution in [0.2, 0.25) is 0 Å². The molecule has 2 aliphatic rings. The van der Waals surface area contributed by atoms with Crippen LogP contribution in [0, 0.1) is 0 Å². The number of anilines is 1. The third kappa shape index (κ3) is 3.20. The summed E-state index contributed by atoms with van der Waals surface area (Å²) in [6, 6.07) is 0. The fourth-order valence-corrected chi connectivity index (χ4v) is 2.63. The van der Waals surface area contributed by atoms with E-state index >= 15 is 0 Å². The maximum Gasteiger partial charge on any atom is 0.256 e. The summed E-state index contributed by atoms with van der Waals surface area (Å²) in [6.07, 6.45) is 2.07. The number of carbonyl (C=O) groups excluding carboxylic acids is 1. The van der Waals surface area contributed by atoms with Crippen molar-refractivity contribution in [2.45, 2.75) is 24.9 Å². The average Bonchev–Trinajstić information content (AvgIpc) is 3.12. The summed E-state index contributed by atoms with van der Waals surface area (Å²) in [4.78, 5) is 16.3. The van der Waals surface area contributed by atoms with E-state index in [-0.39, 0.29) is 18.3 Å². The summed E-state index contributed by atoms with van der Waals surface area (Å²) in [5.74, 6) is 0.526. The zero-order valence-corrected chi connectivity index (χ0v) is 11.5. The second-order valence-electron chi connectivity index (χ2n) is 4.40. The Kier molecular flexibility index (Phi) is 4.55. The Labute approximate surface area is 116 Å². The number of nitrogens with one attached hydrogen (secondary N) is 2. The molecule has 2 N–H and O–H groups in total. The van der Waals surface area contributed by atoms with Gasteiger partial charge >= 0.3 is 0 Å². The molecule has 2 heterocycles. The highest BCUT2D eigenvalue weighted by Gasteiger charge is 2.27. The average molecular weight is 290 g/mol. The molecule has 1 unspecified atom stereocenters. The highest BCUT2D eigenvalue weighted by atomic mass is 35.5. The van der Waals surface area contributed by atoms with Gasteiger partial charge < -0.3 is 10.1 Å². The Morgan fingerprint density at radius 2 is 2.39 bits per heavy atom. The highest BCUT2D eigenvalue weighted by Crippen LogP contribution is 2.40. The predicted octanol–water partition coefficient (Wildman–Crippen LogP) is 1.37. The van der Waals surface area contributed by atoms with E-state index in [0.29, 0.717) is 24.2 Å². The van der Waals surface area contributed by atoms with Crippen LogP contribution in [0.1, 0.15) is 24.5 Å². The molecule has 3 rings (SSSR count). The van der Waals surface area contributed by atoms with Gasteiger partial charge in [-0.25, -0.2) is 4.98 Å². The molecule has 1 saturated heterocycles. The van der Waals surface area contributed by atoms with Crippen molar-refractivity contribution in [2.24, 2.45) is 0 Å². The first-order valence-electron chi connectivity index (χ1n) is 5.91. The van der Waals surface area contributed by atoms with Crippen LogP contribution in [0.15, 0.2) is 5.38 Å². The molecular weight excluding hydrogens is 274 g/mol. The Hall–Kier alpha value is -0.690. The Morgan fingerprint density at radius 1 is 1.56 bits per heavy atom. The van der Waals surface area contributed by atoms with Crippen LogP contribution < -0.4 is 10.6 Å². The number of carbonyl (C=O) groups is 1. The van der Waals surface area contributed by atoms with Gasteiger partial charge in [0.05, 0.1) is 12.3 Å². The zero-order valence-electron chi connectivity index (χ0n) is 9.85.